The SMILES string of the molecule is NC(N)=NCCCC(NC(=O)C(CCC(=O)O)NC(=O)C(CO)NC(=O)C(N)CCC(=O)O)C(=O)O. The van der Waals surface area contributed by atoms with Crippen molar-refractivity contribution in [2.45, 2.75) is 62.7 Å². The largest absolute Gasteiger partial charge is 0.481 e. The number of hydrogen-bond acceptors (Lipinski definition) is 9. The van der Waals surface area contributed by atoms with E-state index in [1.807, 2.05) is 0 Å². The summed E-state index contributed by atoms with van der Waals surface area (Å²) in [5, 5.41) is 42.9. The second-order valence-electron chi connectivity index (χ2n) is 7.62. The summed E-state index contributed by atoms with van der Waals surface area (Å²) in [5.41, 5.74) is 15.9. The molecule has 0 aliphatic carbocycles. The Morgan fingerprint density at radius 1 is 0.722 bits per heavy atom. The van der Waals surface area contributed by atoms with Crippen LogP contribution in [-0.2, 0) is 28.8 Å². The monoisotopic (exact) mass is 519 g/mol. The van der Waals surface area contributed by atoms with Gasteiger partial charge in [0.15, 0.2) is 5.96 Å². The Hall–Kier alpha value is -3.99. The Bertz CT molecular complexity index is 831. The molecule has 0 aromatic rings. The zero-order valence-electron chi connectivity index (χ0n) is 19.4. The van der Waals surface area contributed by atoms with E-state index in [2.05, 4.69) is 20.9 Å². The minimum atomic E-state index is -1.61. The first-order valence-corrected chi connectivity index (χ1v) is 10.8. The second-order valence-corrected chi connectivity index (χ2v) is 7.62. The lowest BCUT2D eigenvalue weighted by atomic mass is 10.1. The zero-order chi connectivity index (χ0) is 27.8. The number of hydrogen-bond donors (Lipinski definition) is 10. The number of carboxylic acids is 3. The number of nitrogens with one attached hydrogen (secondary N) is 3. The van der Waals surface area contributed by atoms with Gasteiger partial charge in [0.25, 0.3) is 0 Å². The van der Waals surface area contributed by atoms with Crippen LogP contribution in [0.15, 0.2) is 4.99 Å². The maximum atomic E-state index is 12.7. The van der Waals surface area contributed by atoms with Crippen molar-refractivity contribution in [2.24, 2.45) is 22.2 Å². The molecule has 0 aliphatic heterocycles. The first-order valence-electron chi connectivity index (χ1n) is 10.8. The Morgan fingerprint density at radius 3 is 1.72 bits per heavy atom. The Kier molecular flexibility index (Phi) is 14.8. The van der Waals surface area contributed by atoms with E-state index in [0.29, 0.717) is 0 Å². The van der Waals surface area contributed by atoms with Gasteiger partial charge in [0.1, 0.15) is 18.1 Å². The predicted octanol–water partition coefficient (Wildman–Crippen LogP) is -4.37. The van der Waals surface area contributed by atoms with Gasteiger partial charge in [0, 0.05) is 19.4 Å². The van der Waals surface area contributed by atoms with Crippen molar-refractivity contribution in [3.63, 3.8) is 0 Å². The maximum Gasteiger partial charge on any atom is 0.326 e. The number of aliphatic carboxylic acids is 3. The molecule has 3 amide bonds. The van der Waals surface area contributed by atoms with E-state index in [9.17, 15) is 39.0 Å². The van der Waals surface area contributed by atoms with Crippen molar-refractivity contribution in [1.82, 2.24) is 16.0 Å². The van der Waals surface area contributed by atoms with Crippen LogP contribution in [0.25, 0.3) is 0 Å². The maximum absolute atomic E-state index is 12.7. The molecule has 17 nitrogen and oxygen atoms in total. The molecular weight excluding hydrogens is 486 g/mol. The number of amides is 3. The highest BCUT2D eigenvalue weighted by Gasteiger charge is 2.30. The number of aliphatic hydroxyl groups excluding tert-OH is 1. The van der Waals surface area contributed by atoms with E-state index in [4.69, 9.17) is 27.4 Å². The van der Waals surface area contributed by atoms with E-state index in [1.165, 1.54) is 0 Å². The lowest BCUT2D eigenvalue weighted by molar-refractivity contribution is -0.143. The smallest absolute Gasteiger partial charge is 0.326 e. The van der Waals surface area contributed by atoms with Crippen molar-refractivity contribution in [3.05, 3.63) is 0 Å². The minimum Gasteiger partial charge on any atom is -0.481 e. The fraction of sp³-hybridized carbons (Fsp3) is 0.632. The highest BCUT2D eigenvalue weighted by molar-refractivity contribution is 5.94. The molecule has 0 aliphatic rings. The number of guanidine groups is 1. The number of aliphatic hydroxyl groups is 1. The van der Waals surface area contributed by atoms with Gasteiger partial charge in [-0.1, -0.05) is 0 Å². The lowest BCUT2D eigenvalue weighted by Gasteiger charge is -2.24. The molecule has 4 unspecified atom stereocenters. The number of carbonyl (C=O) groups is 6. The molecule has 0 aromatic heterocycles. The first kappa shape index (κ1) is 32.0. The lowest BCUT2D eigenvalue weighted by Crippen LogP contribution is -2.58. The zero-order valence-corrected chi connectivity index (χ0v) is 19.4. The highest BCUT2D eigenvalue weighted by atomic mass is 16.4. The summed E-state index contributed by atoms with van der Waals surface area (Å²) < 4.78 is 0. The molecular formula is C19H33N7O10. The van der Waals surface area contributed by atoms with Gasteiger partial charge in [-0.3, -0.25) is 29.0 Å². The quantitative estimate of drug-likeness (QED) is 0.0465. The van der Waals surface area contributed by atoms with Crippen molar-refractivity contribution in [1.29, 1.82) is 0 Å². The molecule has 17 heteroatoms. The van der Waals surface area contributed by atoms with Crippen molar-refractivity contribution < 1.29 is 49.2 Å². The van der Waals surface area contributed by atoms with Crippen LogP contribution >= 0.6 is 0 Å². The van der Waals surface area contributed by atoms with Crippen molar-refractivity contribution >= 4 is 41.6 Å². The molecule has 204 valence electrons. The number of rotatable bonds is 18. The van der Waals surface area contributed by atoms with Crippen LogP contribution in [0.1, 0.15) is 38.5 Å². The molecule has 0 fully saturated rings. The summed E-state index contributed by atoms with van der Waals surface area (Å²) in [5.74, 6) is -7.13. The number of aliphatic imine (C=N–C) groups is 1. The van der Waals surface area contributed by atoms with Gasteiger partial charge in [-0.15, -0.1) is 0 Å². The number of carbonyl (C=O) groups excluding carboxylic acids is 3. The summed E-state index contributed by atoms with van der Waals surface area (Å²) in [6, 6.07) is -5.84. The fourth-order valence-corrected chi connectivity index (χ4v) is 2.73. The average Bonchev–Trinajstić information content (AvgIpc) is 2.79. The normalized spacial score (nSPS) is 13.8. The van der Waals surface area contributed by atoms with Crippen molar-refractivity contribution in [2.75, 3.05) is 13.2 Å². The molecule has 0 aromatic carbocycles. The third kappa shape index (κ3) is 13.7. The molecule has 0 bridgehead atoms. The molecule has 0 heterocycles. The van der Waals surface area contributed by atoms with Gasteiger partial charge >= 0.3 is 17.9 Å². The van der Waals surface area contributed by atoms with Crippen LogP contribution in [-0.4, -0.2) is 99.3 Å². The topological polar surface area (TPSA) is 310 Å². The van der Waals surface area contributed by atoms with Gasteiger partial charge in [0.05, 0.1) is 12.6 Å². The van der Waals surface area contributed by atoms with E-state index >= 15 is 0 Å². The van der Waals surface area contributed by atoms with Crippen LogP contribution in [0.4, 0.5) is 0 Å². The summed E-state index contributed by atoms with van der Waals surface area (Å²) >= 11 is 0. The number of carboxylic acid groups (broad SMARTS) is 3. The first-order chi connectivity index (χ1) is 16.8. The van der Waals surface area contributed by atoms with Crippen LogP contribution in [0.2, 0.25) is 0 Å². The molecule has 0 rings (SSSR count). The van der Waals surface area contributed by atoms with Gasteiger partial charge < -0.3 is 53.6 Å². The molecule has 0 saturated carbocycles. The van der Waals surface area contributed by atoms with Crippen LogP contribution in [0, 0.1) is 0 Å². The molecule has 13 N–H and O–H groups in total. The average molecular weight is 520 g/mol. The van der Waals surface area contributed by atoms with Gasteiger partial charge in [0.2, 0.25) is 17.7 Å². The third-order valence-corrected chi connectivity index (χ3v) is 4.66. The Balaban J connectivity index is 5.31. The molecule has 4 atom stereocenters. The van der Waals surface area contributed by atoms with Gasteiger partial charge in [-0.05, 0) is 25.7 Å². The fourth-order valence-electron chi connectivity index (χ4n) is 2.73. The molecule has 0 radical (unpaired) electrons. The molecule has 36 heavy (non-hydrogen) atoms. The van der Waals surface area contributed by atoms with E-state index in [1.54, 1.807) is 0 Å². The molecule has 0 spiro atoms. The summed E-state index contributed by atoms with van der Waals surface area (Å²) in [6.07, 6.45) is -1.57. The molecule has 0 saturated heterocycles. The van der Waals surface area contributed by atoms with E-state index < -0.39 is 85.7 Å². The number of nitrogens with two attached hydrogens (primary N) is 3. The van der Waals surface area contributed by atoms with Gasteiger partial charge in [-0.25, -0.2) is 4.79 Å². The van der Waals surface area contributed by atoms with Crippen LogP contribution in [0.3, 0.4) is 0 Å². The number of nitrogens with zero attached hydrogens (tertiary/aromatic N) is 1. The van der Waals surface area contributed by atoms with Gasteiger partial charge in [-0.2, -0.15) is 0 Å². The van der Waals surface area contributed by atoms with Crippen LogP contribution in [0.5, 0.6) is 0 Å². The third-order valence-electron chi connectivity index (χ3n) is 4.66. The van der Waals surface area contributed by atoms with Crippen LogP contribution < -0.4 is 33.2 Å². The Morgan fingerprint density at radius 2 is 1.22 bits per heavy atom. The predicted molar refractivity (Wildman–Crippen MR) is 122 cm³/mol. The summed E-state index contributed by atoms with van der Waals surface area (Å²) in [7, 11) is 0. The summed E-state index contributed by atoms with van der Waals surface area (Å²) in [6.45, 7) is -0.841. The van der Waals surface area contributed by atoms with E-state index in [-0.39, 0.29) is 31.8 Å². The van der Waals surface area contributed by atoms with Crippen molar-refractivity contribution in [3.8, 4) is 0 Å². The minimum absolute atomic E-state index is 0.0823. The van der Waals surface area contributed by atoms with E-state index in [0.717, 1.165) is 0 Å². The second kappa shape index (κ2) is 16.6. The standard InChI is InChI=1S/C19H33N7O10/c20-9(3-5-13(28)29)15(32)26-12(8-27)17(34)24-10(4-6-14(30)31)16(33)25-11(18(35)36)2-1-7-23-19(21)22/h9-12,27H,1-8,20H2,(H,24,34)(H,25,33)(H,26,32)(H,28,29)(H,30,31)(H,35,36)(H4,21,22,23). The Labute approximate surface area is 205 Å². The summed E-state index contributed by atoms with van der Waals surface area (Å²) in [4.78, 5) is 74.1. The highest BCUT2D eigenvalue weighted by Crippen LogP contribution is 2.04.